The predicted molar refractivity (Wildman–Crippen MR) is 47.4 cm³/mol. The van der Waals surface area contributed by atoms with Gasteiger partial charge in [0, 0.05) is 6.42 Å². The molecular formula is C11H10O. The molecule has 0 amide bonds. The van der Waals surface area contributed by atoms with E-state index in [9.17, 15) is 0 Å². The van der Waals surface area contributed by atoms with Gasteiger partial charge in [-0.3, -0.25) is 0 Å². The summed E-state index contributed by atoms with van der Waals surface area (Å²) in [7, 11) is 0. The summed E-state index contributed by atoms with van der Waals surface area (Å²) >= 11 is 0. The van der Waals surface area contributed by atoms with Crippen LogP contribution in [0.5, 0.6) is 0 Å². The minimum absolute atomic E-state index is 0.193. The molecule has 1 aliphatic heterocycles. The highest BCUT2D eigenvalue weighted by Gasteiger charge is 2.40. The van der Waals surface area contributed by atoms with Crippen LogP contribution in [0.25, 0.3) is 0 Å². The molecule has 1 saturated heterocycles. The van der Waals surface area contributed by atoms with Crippen LogP contribution in [0.2, 0.25) is 0 Å². The van der Waals surface area contributed by atoms with Gasteiger partial charge in [0.2, 0.25) is 0 Å². The Hall–Kier alpha value is -1.24. The van der Waals surface area contributed by atoms with Crippen LogP contribution >= 0.6 is 0 Å². The van der Waals surface area contributed by atoms with Crippen molar-refractivity contribution in [2.75, 3.05) is 6.61 Å². The van der Waals surface area contributed by atoms with E-state index in [-0.39, 0.29) is 5.41 Å². The Kier molecular flexibility index (Phi) is 1.01. The fourth-order valence-corrected chi connectivity index (χ4v) is 2.10. The van der Waals surface area contributed by atoms with Gasteiger partial charge in [-0.15, -0.1) is 0 Å². The molecule has 0 aromatic carbocycles. The fraction of sp³-hybridized carbons (Fsp3) is 0.273. The average molecular weight is 158 g/mol. The zero-order valence-electron chi connectivity index (χ0n) is 6.79. The van der Waals surface area contributed by atoms with Gasteiger partial charge in [-0.1, -0.05) is 30.4 Å². The lowest BCUT2D eigenvalue weighted by Crippen LogP contribution is -2.22. The standard InChI is InChI=1S/C11H10O/c1-2-6-11-7-10(12-8-11)5-4-9(11)3-1/h1-6H,7-8H2. The van der Waals surface area contributed by atoms with Gasteiger partial charge in [0.25, 0.3) is 0 Å². The second-order valence-electron chi connectivity index (χ2n) is 3.59. The summed E-state index contributed by atoms with van der Waals surface area (Å²) in [6.45, 7) is 0.825. The minimum atomic E-state index is 0.193. The number of ether oxygens (including phenoxy) is 1. The first kappa shape index (κ1) is 6.30. The topological polar surface area (TPSA) is 9.23 Å². The largest absolute Gasteiger partial charge is 0.497 e. The van der Waals surface area contributed by atoms with Crippen LogP contribution in [0.1, 0.15) is 6.42 Å². The molecule has 2 aliphatic carbocycles. The van der Waals surface area contributed by atoms with Gasteiger partial charge in [0.1, 0.15) is 6.61 Å². The van der Waals surface area contributed by atoms with E-state index in [0.29, 0.717) is 0 Å². The highest BCUT2D eigenvalue weighted by Crippen LogP contribution is 2.47. The van der Waals surface area contributed by atoms with Gasteiger partial charge in [-0.2, -0.15) is 0 Å². The quantitative estimate of drug-likeness (QED) is 0.525. The van der Waals surface area contributed by atoms with Crippen molar-refractivity contribution in [3.05, 3.63) is 47.8 Å². The van der Waals surface area contributed by atoms with Crippen LogP contribution in [0.15, 0.2) is 47.8 Å². The van der Waals surface area contributed by atoms with Crippen molar-refractivity contribution in [2.24, 2.45) is 5.41 Å². The molecule has 3 aliphatic rings. The Labute approximate surface area is 71.7 Å². The SMILES string of the molecule is C1=CC2=CC=C3CC2(C=C1)CO3. The summed E-state index contributed by atoms with van der Waals surface area (Å²) in [6, 6.07) is 0. The van der Waals surface area contributed by atoms with Gasteiger partial charge in [0.05, 0.1) is 11.2 Å². The van der Waals surface area contributed by atoms with Gasteiger partial charge in [0.15, 0.2) is 0 Å². The van der Waals surface area contributed by atoms with Crippen molar-refractivity contribution in [3.63, 3.8) is 0 Å². The third-order valence-electron chi connectivity index (χ3n) is 2.83. The van der Waals surface area contributed by atoms with E-state index in [1.54, 1.807) is 0 Å². The monoisotopic (exact) mass is 158 g/mol. The molecule has 1 atom stereocenters. The summed E-state index contributed by atoms with van der Waals surface area (Å²) in [5.41, 5.74) is 1.59. The summed E-state index contributed by atoms with van der Waals surface area (Å²) in [6.07, 6.45) is 14.0. The Bertz CT molecular complexity index is 344. The Morgan fingerprint density at radius 1 is 1.25 bits per heavy atom. The number of fused-ring (bicyclic) bond motifs is 1. The van der Waals surface area contributed by atoms with Crippen LogP contribution in [0, 0.1) is 5.41 Å². The van der Waals surface area contributed by atoms with E-state index in [2.05, 4.69) is 36.5 Å². The second kappa shape index (κ2) is 1.92. The van der Waals surface area contributed by atoms with Crippen molar-refractivity contribution < 1.29 is 4.74 Å². The van der Waals surface area contributed by atoms with Crippen molar-refractivity contribution in [2.45, 2.75) is 6.42 Å². The van der Waals surface area contributed by atoms with E-state index < -0.39 is 0 Å². The van der Waals surface area contributed by atoms with Gasteiger partial charge >= 0.3 is 0 Å². The van der Waals surface area contributed by atoms with Crippen LogP contribution in [0.4, 0.5) is 0 Å². The Balaban J connectivity index is 2.18. The van der Waals surface area contributed by atoms with Crippen molar-refractivity contribution in [1.82, 2.24) is 0 Å². The maximum atomic E-state index is 5.56. The van der Waals surface area contributed by atoms with E-state index in [0.717, 1.165) is 18.8 Å². The maximum Gasteiger partial charge on any atom is 0.101 e. The highest BCUT2D eigenvalue weighted by atomic mass is 16.5. The predicted octanol–water partition coefficient (Wildman–Crippen LogP) is 2.34. The molecule has 12 heavy (non-hydrogen) atoms. The molecule has 1 spiro atoms. The minimum Gasteiger partial charge on any atom is -0.497 e. The number of hydrogen-bond acceptors (Lipinski definition) is 1. The van der Waals surface area contributed by atoms with Gasteiger partial charge < -0.3 is 4.74 Å². The van der Waals surface area contributed by atoms with E-state index >= 15 is 0 Å². The molecule has 1 nitrogen and oxygen atoms in total. The van der Waals surface area contributed by atoms with Crippen molar-refractivity contribution in [1.29, 1.82) is 0 Å². The molecule has 0 aromatic heterocycles. The lowest BCUT2D eigenvalue weighted by Gasteiger charge is -2.27. The third kappa shape index (κ3) is 0.638. The van der Waals surface area contributed by atoms with Crippen LogP contribution in [0.3, 0.4) is 0 Å². The van der Waals surface area contributed by atoms with Gasteiger partial charge in [-0.25, -0.2) is 0 Å². The summed E-state index contributed by atoms with van der Waals surface area (Å²) in [4.78, 5) is 0. The third-order valence-corrected chi connectivity index (χ3v) is 2.83. The van der Waals surface area contributed by atoms with E-state index in [4.69, 9.17) is 4.74 Å². The first-order chi connectivity index (χ1) is 5.89. The average Bonchev–Trinajstić information content (AvgIpc) is 2.43. The number of rotatable bonds is 0. The first-order valence-corrected chi connectivity index (χ1v) is 4.29. The Morgan fingerprint density at radius 2 is 2.25 bits per heavy atom. The molecule has 3 rings (SSSR count). The zero-order chi connectivity index (χ0) is 8.02. The maximum absolute atomic E-state index is 5.56. The lowest BCUT2D eigenvalue weighted by atomic mass is 9.74. The molecule has 1 unspecified atom stereocenters. The van der Waals surface area contributed by atoms with Gasteiger partial charge in [-0.05, 0) is 11.6 Å². The number of allylic oxidation sites excluding steroid dienone is 6. The molecule has 1 heteroatoms. The van der Waals surface area contributed by atoms with Crippen LogP contribution < -0.4 is 0 Å². The summed E-state index contributed by atoms with van der Waals surface area (Å²) in [5.74, 6) is 1.14. The van der Waals surface area contributed by atoms with Crippen molar-refractivity contribution in [3.8, 4) is 0 Å². The smallest absolute Gasteiger partial charge is 0.101 e. The van der Waals surface area contributed by atoms with E-state index in [1.165, 1.54) is 5.57 Å². The van der Waals surface area contributed by atoms with Crippen LogP contribution in [-0.4, -0.2) is 6.61 Å². The summed E-state index contributed by atoms with van der Waals surface area (Å²) in [5, 5.41) is 0. The fourth-order valence-electron chi connectivity index (χ4n) is 2.10. The molecule has 60 valence electrons. The Morgan fingerprint density at radius 3 is 3.25 bits per heavy atom. The molecule has 0 radical (unpaired) electrons. The second-order valence-corrected chi connectivity index (χ2v) is 3.59. The van der Waals surface area contributed by atoms with Crippen LogP contribution in [-0.2, 0) is 4.74 Å². The first-order valence-electron chi connectivity index (χ1n) is 4.29. The zero-order valence-corrected chi connectivity index (χ0v) is 6.79. The number of hydrogen-bond donors (Lipinski definition) is 0. The molecule has 0 saturated carbocycles. The molecule has 1 heterocycles. The van der Waals surface area contributed by atoms with Crippen molar-refractivity contribution >= 4 is 0 Å². The summed E-state index contributed by atoms with van der Waals surface area (Å²) < 4.78 is 5.56. The van der Waals surface area contributed by atoms with E-state index in [1.807, 2.05) is 0 Å². The normalized spacial score (nSPS) is 35.3. The lowest BCUT2D eigenvalue weighted by molar-refractivity contribution is 0.231. The highest BCUT2D eigenvalue weighted by molar-refractivity contribution is 5.46. The molecule has 1 fully saturated rings. The molecule has 2 bridgehead atoms. The molecule has 0 aromatic rings. The molecule has 0 N–H and O–H groups in total. The molecular weight excluding hydrogens is 148 g/mol.